The van der Waals surface area contributed by atoms with Gasteiger partial charge in [-0.25, -0.2) is 8.42 Å². The average molecular weight is 439 g/mol. The molecule has 0 radical (unpaired) electrons. The quantitative estimate of drug-likeness (QED) is 0.747. The minimum absolute atomic E-state index is 0.0566. The van der Waals surface area contributed by atoms with Gasteiger partial charge in [-0.3, -0.25) is 4.79 Å². The van der Waals surface area contributed by atoms with Gasteiger partial charge in [0.25, 0.3) is 0 Å². The Kier molecular flexibility index (Phi) is 6.66. The molecule has 1 aliphatic heterocycles. The molecule has 0 atom stereocenters. The Balaban J connectivity index is 1.69. The Morgan fingerprint density at radius 3 is 2.45 bits per heavy atom. The predicted molar refractivity (Wildman–Crippen MR) is 111 cm³/mol. The second kappa shape index (κ2) is 9.02. The molecular weight excluding hydrogens is 416 g/mol. The molecule has 2 aromatic rings. The summed E-state index contributed by atoms with van der Waals surface area (Å²) in [6.45, 7) is 0.493. The molecule has 1 heterocycles. The van der Waals surface area contributed by atoms with Crippen molar-refractivity contribution in [3.05, 3.63) is 47.5 Å². The zero-order valence-electron chi connectivity index (χ0n) is 16.2. The molecule has 0 spiro atoms. The standard InChI is InChI=1S/C20H23ClN2O5S/c1-27-17-6-7-18(28-2)19(13-17)29(25,26)23-10-8-14(9-11-23)20(24)22-16-5-3-4-15(21)12-16/h3-7,12-14H,8-11H2,1-2H3,(H,22,24). The third kappa shape index (κ3) is 4.83. The summed E-state index contributed by atoms with van der Waals surface area (Å²) in [5.41, 5.74) is 0.624. The number of anilines is 1. The van der Waals surface area contributed by atoms with Crippen LogP contribution in [0.25, 0.3) is 0 Å². The van der Waals surface area contributed by atoms with E-state index in [1.54, 1.807) is 36.4 Å². The Morgan fingerprint density at radius 2 is 1.83 bits per heavy atom. The molecule has 1 amide bonds. The van der Waals surface area contributed by atoms with Gasteiger partial charge < -0.3 is 14.8 Å². The SMILES string of the molecule is COc1ccc(OC)c(S(=O)(=O)N2CCC(C(=O)Nc3cccc(Cl)c3)CC2)c1. The number of hydrogen-bond donors (Lipinski definition) is 1. The van der Waals surface area contributed by atoms with E-state index in [0.29, 0.717) is 29.3 Å². The van der Waals surface area contributed by atoms with Crippen molar-refractivity contribution in [1.82, 2.24) is 4.31 Å². The van der Waals surface area contributed by atoms with Crippen molar-refractivity contribution in [1.29, 1.82) is 0 Å². The highest BCUT2D eigenvalue weighted by Gasteiger charge is 2.34. The van der Waals surface area contributed by atoms with Crippen molar-refractivity contribution >= 4 is 33.2 Å². The molecule has 1 N–H and O–H groups in total. The van der Waals surface area contributed by atoms with Gasteiger partial charge in [-0.2, -0.15) is 4.31 Å². The van der Waals surface area contributed by atoms with Crippen LogP contribution in [0.4, 0.5) is 5.69 Å². The normalized spacial score (nSPS) is 15.7. The third-order valence-electron chi connectivity index (χ3n) is 4.91. The van der Waals surface area contributed by atoms with Crippen LogP contribution in [0.2, 0.25) is 5.02 Å². The minimum Gasteiger partial charge on any atom is -0.497 e. The van der Waals surface area contributed by atoms with Gasteiger partial charge in [-0.1, -0.05) is 17.7 Å². The maximum atomic E-state index is 13.1. The summed E-state index contributed by atoms with van der Waals surface area (Å²) in [5.74, 6) is 0.280. The van der Waals surface area contributed by atoms with Crippen LogP contribution in [-0.2, 0) is 14.8 Å². The zero-order chi connectivity index (χ0) is 21.0. The molecule has 2 aromatic carbocycles. The molecule has 9 heteroatoms. The Bertz CT molecular complexity index is 988. The molecule has 29 heavy (non-hydrogen) atoms. The van der Waals surface area contributed by atoms with Gasteiger partial charge >= 0.3 is 0 Å². The smallest absolute Gasteiger partial charge is 0.246 e. The van der Waals surface area contributed by atoms with Gasteiger partial charge in [0.2, 0.25) is 15.9 Å². The van der Waals surface area contributed by atoms with E-state index in [9.17, 15) is 13.2 Å². The van der Waals surface area contributed by atoms with Crippen molar-refractivity contribution in [2.75, 3.05) is 32.6 Å². The number of carbonyl (C=O) groups is 1. The first-order chi connectivity index (χ1) is 13.8. The zero-order valence-corrected chi connectivity index (χ0v) is 17.8. The molecule has 1 aliphatic rings. The molecule has 0 aromatic heterocycles. The summed E-state index contributed by atoms with van der Waals surface area (Å²) in [5, 5.41) is 3.38. The van der Waals surface area contributed by atoms with Crippen LogP contribution in [0.5, 0.6) is 11.5 Å². The van der Waals surface area contributed by atoms with Gasteiger partial charge in [0, 0.05) is 35.8 Å². The molecule has 156 valence electrons. The number of ether oxygens (including phenoxy) is 2. The predicted octanol–water partition coefficient (Wildman–Crippen LogP) is 3.40. The van der Waals surface area contributed by atoms with E-state index >= 15 is 0 Å². The molecule has 3 rings (SSSR count). The highest BCUT2D eigenvalue weighted by molar-refractivity contribution is 7.89. The fourth-order valence-corrected chi connectivity index (χ4v) is 5.12. The lowest BCUT2D eigenvalue weighted by Crippen LogP contribution is -2.41. The van der Waals surface area contributed by atoms with E-state index in [1.807, 2.05) is 0 Å². The lowest BCUT2D eigenvalue weighted by molar-refractivity contribution is -0.120. The van der Waals surface area contributed by atoms with Gasteiger partial charge in [0.1, 0.15) is 16.4 Å². The summed E-state index contributed by atoms with van der Waals surface area (Å²) in [7, 11) is -0.874. The number of benzene rings is 2. The first-order valence-electron chi connectivity index (χ1n) is 9.13. The first-order valence-corrected chi connectivity index (χ1v) is 11.0. The van der Waals surface area contributed by atoms with Crippen LogP contribution >= 0.6 is 11.6 Å². The van der Waals surface area contributed by atoms with Crippen molar-refractivity contribution < 1.29 is 22.7 Å². The van der Waals surface area contributed by atoms with E-state index in [1.165, 1.54) is 24.6 Å². The van der Waals surface area contributed by atoms with E-state index in [0.717, 1.165) is 0 Å². The van der Waals surface area contributed by atoms with Crippen LogP contribution in [0, 0.1) is 5.92 Å². The van der Waals surface area contributed by atoms with Crippen molar-refractivity contribution in [2.45, 2.75) is 17.7 Å². The summed E-state index contributed by atoms with van der Waals surface area (Å²) in [6, 6.07) is 11.6. The fraction of sp³-hybridized carbons (Fsp3) is 0.350. The number of nitrogens with zero attached hydrogens (tertiary/aromatic N) is 1. The van der Waals surface area contributed by atoms with E-state index in [4.69, 9.17) is 21.1 Å². The van der Waals surface area contributed by atoms with E-state index in [-0.39, 0.29) is 35.6 Å². The number of sulfonamides is 1. The molecule has 0 saturated carbocycles. The van der Waals surface area contributed by atoms with E-state index in [2.05, 4.69) is 5.32 Å². The molecule has 0 bridgehead atoms. The summed E-state index contributed by atoms with van der Waals surface area (Å²) < 4.78 is 38.0. The summed E-state index contributed by atoms with van der Waals surface area (Å²) in [6.07, 6.45) is 0.857. The van der Waals surface area contributed by atoms with Crippen molar-refractivity contribution in [2.24, 2.45) is 5.92 Å². The summed E-state index contributed by atoms with van der Waals surface area (Å²) >= 11 is 5.94. The number of methoxy groups -OCH3 is 2. The average Bonchev–Trinajstić information content (AvgIpc) is 2.73. The number of halogens is 1. The van der Waals surface area contributed by atoms with Crippen LogP contribution in [0.1, 0.15) is 12.8 Å². The molecule has 1 saturated heterocycles. The highest BCUT2D eigenvalue weighted by Crippen LogP contribution is 2.32. The topological polar surface area (TPSA) is 84.9 Å². The number of amides is 1. The number of carbonyl (C=O) groups excluding carboxylic acids is 1. The van der Waals surface area contributed by atoms with Gasteiger partial charge in [-0.15, -0.1) is 0 Å². The van der Waals surface area contributed by atoms with Gasteiger partial charge in [0.15, 0.2) is 0 Å². The lowest BCUT2D eigenvalue weighted by atomic mass is 9.97. The largest absolute Gasteiger partial charge is 0.497 e. The van der Waals surface area contributed by atoms with Gasteiger partial charge in [-0.05, 0) is 43.2 Å². The molecule has 0 unspecified atom stereocenters. The Labute approximate surface area is 175 Å². The second-order valence-electron chi connectivity index (χ2n) is 6.69. The second-order valence-corrected chi connectivity index (χ2v) is 9.04. The minimum atomic E-state index is -3.77. The van der Waals surface area contributed by atoms with Crippen LogP contribution in [-0.4, -0.2) is 45.9 Å². The number of piperidine rings is 1. The third-order valence-corrected chi connectivity index (χ3v) is 7.06. The number of rotatable bonds is 6. The number of nitrogens with one attached hydrogen (secondary N) is 1. The fourth-order valence-electron chi connectivity index (χ4n) is 3.29. The van der Waals surface area contributed by atoms with Crippen molar-refractivity contribution in [3.63, 3.8) is 0 Å². The van der Waals surface area contributed by atoms with Crippen LogP contribution < -0.4 is 14.8 Å². The van der Waals surface area contributed by atoms with E-state index < -0.39 is 10.0 Å². The molecule has 7 nitrogen and oxygen atoms in total. The molecular formula is C20H23ClN2O5S. The number of hydrogen-bond acceptors (Lipinski definition) is 5. The van der Waals surface area contributed by atoms with Crippen molar-refractivity contribution in [3.8, 4) is 11.5 Å². The summed E-state index contributed by atoms with van der Waals surface area (Å²) in [4.78, 5) is 12.6. The Morgan fingerprint density at radius 1 is 1.10 bits per heavy atom. The van der Waals surface area contributed by atoms with Crippen LogP contribution in [0.3, 0.4) is 0 Å². The maximum absolute atomic E-state index is 13.1. The molecule has 0 aliphatic carbocycles. The lowest BCUT2D eigenvalue weighted by Gasteiger charge is -2.31. The monoisotopic (exact) mass is 438 g/mol. The maximum Gasteiger partial charge on any atom is 0.246 e. The molecule has 1 fully saturated rings. The highest BCUT2D eigenvalue weighted by atomic mass is 35.5. The first kappa shape index (κ1) is 21.4. The van der Waals surface area contributed by atoms with Crippen LogP contribution in [0.15, 0.2) is 47.4 Å². The Hall–Kier alpha value is -2.29. The van der Waals surface area contributed by atoms with Gasteiger partial charge in [0.05, 0.1) is 14.2 Å².